The predicted octanol–water partition coefficient (Wildman–Crippen LogP) is 2.39. The molecule has 0 heterocycles. The van der Waals surface area contributed by atoms with Gasteiger partial charge in [0.25, 0.3) is 5.69 Å². The molecule has 2 aromatic rings. The Morgan fingerprint density at radius 1 is 1.16 bits per heavy atom. The van der Waals surface area contributed by atoms with Crippen molar-refractivity contribution in [3.05, 3.63) is 63.7 Å². The molecular weight excluding hydrogens is 350 g/mol. The highest BCUT2D eigenvalue weighted by atomic mass is 32.2. The Bertz CT molecular complexity index is 905. The van der Waals surface area contributed by atoms with Crippen LogP contribution in [0.2, 0.25) is 0 Å². The number of ether oxygens (including phenoxy) is 1. The highest BCUT2D eigenvalue weighted by molar-refractivity contribution is 7.87. The van der Waals surface area contributed by atoms with Crippen LogP contribution in [-0.4, -0.2) is 26.4 Å². The van der Waals surface area contributed by atoms with Gasteiger partial charge in [0.15, 0.2) is 4.90 Å². The molecule has 0 aliphatic heterocycles. The van der Waals surface area contributed by atoms with Crippen LogP contribution in [0.4, 0.5) is 5.69 Å². The summed E-state index contributed by atoms with van der Waals surface area (Å²) in [6.07, 6.45) is 0.0345. The molecule has 0 bridgehead atoms. The number of methoxy groups -OCH3 is 1. The van der Waals surface area contributed by atoms with E-state index in [2.05, 4.69) is 4.74 Å². The Hall–Kier alpha value is -2.94. The van der Waals surface area contributed by atoms with Crippen LogP contribution in [0.15, 0.2) is 47.4 Å². The van der Waals surface area contributed by atoms with E-state index in [1.807, 2.05) is 0 Å². The van der Waals surface area contributed by atoms with Crippen LogP contribution in [0.3, 0.4) is 0 Å². The minimum Gasteiger partial charge on any atom is -0.469 e. The standard InChI is InChI=1S/C16H15NO7S/c1-11-4-3-5-14(17(19)20)16(11)25(21,22)24-13-8-6-12(7-9-13)10-15(18)23-2/h3-9H,10H2,1-2H3. The van der Waals surface area contributed by atoms with Crippen molar-refractivity contribution in [2.24, 2.45) is 0 Å². The third-order valence-electron chi connectivity index (χ3n) is 3.34. The summed E-state index contributed by atoms with van der Waals surface area (Å²) >= 11 is 0. The van der Waals surface area contributed by atoms with Gasteiger partial charge in [0.2, 0.25) is 0 Å². The second-order valence-electron chi connectivity index (χ2n) is 5.11. The first-order valence-corrected chi connectivity index (χ1v) is 8.49. The van der Waals surface area contributed by atoms with E-state index in [1.165, 1.54) is 50.4 Å². The second-order valence-corrected chi connectivity index (χ2v) is 6.60. The van der Waals surface area contributed by atoms with Gasteiger partial charge in [-0.25, -0.2) is 0 Å². The largest absolute Gasteiger partial charge is 0.469 e. The zero-order chi connectivity index (χ0) is 18.6. The summed E-state index contributed by atoms with van der Waals surface area (Å²) in [5, 5.41) is 11.1. The molecule has 0 N–H and O–H groups in total. The molecule has 0 saturated heterocycles. The fraction of sp³-hybridized carbons (Fsp3) is 0.188. The van der Waals surface area contributed by atoms with Gasteiger partial charge < -0.3 is 8.92 Å². The molecule has 0 amide bonds. The lowest BCUT2D eigenvalue weighted by molar-refractivity contribution is -0.388. The minimum atomic E-state index is -4.39. The zero-order valence-electron chi connectivity index (χ0n) is 13.5. The van der Waals surface area contributed by atoms with Crippen molar-refractivity contribution >= 4 is 21.8 Å². The highest BCUT2D eigenvalue weighted by Crippen LogP contribution is 2.29. The van der Waals surface area contributed by atoms with Gasteiger partial charge in [0.1, 0.15) is 5.75 Å². The number of hydrogen-bond acceptors (Lipinski definition) is 7. The van der Waals surface area contributed by atoms with Crippen molar-refractivity contribution < 1.29 is 27.1 Å². The number of aryl methyl sites for hydroxylation is 1. The van der Waals surface area contributed by atoms with E-state index < -0.39 is 31.6 Å². The smallest absolute Gasteiger partial charge is 0.346 e. The topological polar surface area (TPSA) is 113 Å². The molecule has 0 radical (unpaired) electrons. The van der Waals surface area contributed by atoms with Crippen molar-refractivity contribution in [3.63, 3.8) is 0 Å². The molecule has 132 valence electrons. The summed E-state index contributed by atoms with van der Waals surface area (Å²) in [5.41, 5.74) is 0.261. The Balaban J connectivity index is 2.31. The van der Waals surface area contributed by atoms with Crippen LogP contribution < -0.4 is 4.18 Å². The number of nitrogens with zero attached hydrogens (tertiary/aromatic N) is 1. The van der Waals surface area contributed by atoms with Crippen LogP contribution in [0.1, 0.15) is 11.1 Å². The zero-order valence-corrected chi connectivity index (χ0v) is 14.3. The third kappa shape index (κ3) is 4.32. The highest BCUT2D eigenvalue weighted by Gasteiger charge is 2.29. The Morgan fingerprint density at radius 2 is 1.80 bits per heavy atom. The maximum absolute atomic E-state index is 12.5. The average Bonchev–Trinajstić information content (AvgIpc) is 2.55. The first-order valence-electron chi connectivity index (χ1n) is 7.09. The first kappa shape index (κ1) is 18.4. The maximum Gasteiger partial charge on any atom is 0.346 e. The molecule has 2 aromatic carbocycles. The van der Waals surface area contributed by atoms with Crippen molar-refractivity contribution in [1.82, 2.24) is 0 Å². The Labute approximate surface area is 144 Å². The van der Waals surface area contributed by atoms with E-state index in [4.69, 9.17) is 4.18 Å². The molecule has 0 aliphatic carbocycles. The van der Waals surface area contributed by atoms with Crippen LogP contribution in [0, 0.1) is 17.0 Å². The number of nitro benzene ring substituents is 1. The summed E-state index contributed by atoms with van der Waals surface area (Å²) < 4.78 is 34.5. The number of benzene rings is 2. The Morgan fingerprint density at radius 3 is 2.36 bits per heavy atom. The van der Waals surface area contributed by atoms with Crippen molar-refractivity contribution in [1.29, 1.82) is 0 Å². The molecule has 2 rings (SSSR count). The lowest BCUT2D eigenvalue weighted by Crippen LogP contribution is -2.13. The van der Waals surface area contributed by atoms with E-state index in [0.717, 1.165) is 6.07 Å². The summed E-state index contributed by atoms with van der Waals surface area (Å²) in [6.45, 7) is 1.45. The molecule has 0 aliphatic rings. The quantitative estimate of drug-likeness (QED) is 0.334. The van der Waals surface area contributed by atoms with E-state index in [0.29, 0.717) is 5.56 Å². The van der Waals surface area contributed by atoms with Gasteiger partial charge in [0.05, 0.1) is 18.5 Å². The van der Waals surface area contributed by atoms with Gasteiger partial charge in [-0.1, -0.05) is 24.3 Å². The van der Waals surface area contributed by atoms with Crippen LogP contribution in [0.5, 0.6) is 5.75 Å². The average molecular weight is 365 g/mol. The molecule has 0 aromatic heterocycles. The molecule has 0 unspecified atom stereocenters. The van der Waals surface area contributed by atoms with Gasteiger partial charge in [-0.05, 0) is 30.2 Å². The van der Waals surface area contributed by atoms with Crippen molar-refractivity contribution in [3.8, 4) is 5.75 Å². The lowest BCUT2D eigenvalue weighted by Gasteiger charge is -2.10. The van der Waals surface area contributed by atoms with Crippen LogP contribution in [0.25, 0.3) is 0 Å². The fourth-order valence-electron chi connectivity index (χ4n) is 2.18. The SMILES string of the molecule is COC(=O)Cc1ccc(OS(=O)(=O)c2c(C)cccc2[N+](=O)[O-])cc1. The normalized spacial score (nSPS) is 11.0. The summed E-state index contributed by atoms with van der Waals surface area (Å²) in [4.78, 5) is 21.0. The van der Waals surface area contributed by atoms with Crippen molar-refractivity contribution in [2.75, 3.05) is 7.11 Å². The Kier molecular flexibility index (Phi) is 5.38. The maximum atomic E-state index is 12.5. The number of hydrogen-bond donors (Lipinski definition) is 0. The summed E-state index contributed by atoms with van der Waals surface area (Å²) in [7, 11) is -3.13. The predicted molar refractivity (Wildman–Crippen MR) is 87.8 cm³/mol. The molecule has 8 nitrogen and oxygen atoms in total. The molecule has 0 atom stereocenters. The van der Waals surface area contributed by atoms with Gasteiger partial charge >= 0.3 is 16.1 Å². The molecule has 25 heavy (non-hydrogen) atoms. The van der Waals surface area contributed by atoms with Gasteiger partial charge in [-0.2, -0.15) is 8.42 Å². The van der Waals surface area contributed by atoms with Crippen molar-refractivity contribution in [2.45, 2.75) is 18.2 Å². The van der Waals surface area contributed by atoms with E-state index in [-0.39, 0.29) is 17.7 Å². The minimum absolute atomic E-state index is 0.0221. The molecule has 0 saturated carbocycles. The van der Waals surface area contributed by atoms with Gasteiger partial charge in [-0.3, -0.25) is 14.9 Å². The monoisotopic (exact) mass is 365 g/mol. The number of esters is 1. The third-order valence-corrected chi connectivity index (χ3v) is 4.79. The number of carbonyl (C=O) groups is 1. The number of rotatable bonds is 6. The lowest BCUT2D eigenvalue weighted by atomic mass is 10.1. The first-order chi connectivity index (χ1) is 11.7. The molecular formula is C16H15NO7S. The summed E-state index contributed by atoms with van der Waals surface area (Å²) in [5.74, 6) is -0.456. The van der Waals surface area contributed by atoms with E-state index >= 15 is 0 Å². The summed E-state index contributed by atoms with van der Waals surface area (Å²) in [6, 6.07) is 9.68. The van der Waals surface area contributed by atoms with E-state index in [1.54, 1.807) is 0 Å². The molecule has 0 spiro atoms. The number of nitro groups is 1. The second kappa shape index (κ2) is 7.31. The molecule has 0 fully saturated rings. The van der Waals surface area contributed by atoms with Crippen LogP contribution >= 0.6 is 0 Å². The van der Waals surface area contributed by atoms with Gasteiger partial charge in [0, 0.05) is 6.07 Å². The molecule has 9 heteroatoms. The van der Waals surface area contributed by atoms with Crippen LogP contribution in [-0.2, 0) is 26.1 Å². The van der Waals surface area contributed by atoms with Gasteiger partial charge in [-0.15, -0.1) is 0 Å². The fourth-order valence-corrected chi connectivity index (χ4v) is 3.48. The van der Waals surface area contributed by atoms with E-state index in [9.17, 15) is 23.3 Å². The number of carbonyl (C=O) groups excluding carboxylic acids is 1.